The van der Waals surface area contributed by atoms with Gasteiger partial charge in [0, 0.05) is 36.6 Å². The molecular weight excluding hydrogens is 264 g/mol. The van der Waals surface area contributed by atoms with Gasteiger partial charge in [0.2, 0.25) is 5.91 Å². The maximum atomic E-state index is 12.3. The number of hydrogen-bond acceptors (Lipinski definition) is 2. The van der Waals surface area contributed by atoms with E-state index in [0.29, 0.717) is 17.1 Å². The van der Waals surface area contributed by atoms with Gasteiger partial charge in [-0.2, -0.15) is 0 Å². The minimum Gasteiger partial charge on any atom is -0.352 e. The highest BCUT2D eigenvalue weighted by Gasteiger charge is 2.24. The third-order valence-corrected chi connectivity index (χ3v) is 3.46. The molecule has 1 aromatic rings. The van der Waals surface area contributed by atoms with E-state index in [0.717, 1.165) is 19.4 Å². The number of halogens is 1. The number of rotatable bonds is 2. The third-order valence-electron chi connectivity index (χ3n) is 3.21. The van der Waals surface area contributed by atoms with Crippen molar-refractivity contribution in [1.29, 1.82) is 0 Å². The van der Waals surface area contributed by atoms with Crippen LogP contribution in [0.1, 0.15) is 30.1 Å². The molecule has 4 nitrogen and oxygen atoms in total. The van der Waals surface area contributed by atoms with Crippen LogP contribution in [0.25, 0.3) is 0 Å². The number of piperidine rings is 1. The third kappa shape index (κ3) is 3.70. The summed E-state index contributed by atoms with van der Waals surface area (Å²) in [7, 11) is 0. The summed E-state index contributed by atoms with van der Waals surface area (Å²) in [6, 6.07) is 6.94. The van der Waals surface area contributed by atoms with Gasteiger partial charge in [-0.3, -0.25) is 9.59 Å². The molecule has 2 amide bonds. The Morgan fingerprint density at radius 3 is 2.63 bits per heavy atom. The van der Waals surface area contributed by atoms with E-state index < -0.39 is 0 Å². The molecule has 0 saturated carbocycles. The molecule has 0 bridgehead atoms. The summed E-state index contributed by atoms with van der Waals surface area (Å²) in [5, 5.41) is 3.49. The van der Waals surface area contributed by atoms with Crippen LogP contribution in [0.15, 0.2) is 24.3 Å². The first-order valence-electron chi connectivity index (χ1n) is 6.38. The van der Waals surface area contributed by atoms with Crippen molar-refractivity contribution in [2.75, 3.05) is 13.1 Å². The highest BCUT2D eigenvalue weighted by molar-refractivity contribution is 6.30. The number of carbonyl (C=O) groups is 2. The van der Waals surface area contributed by atoms with E-state index in [1.54, 1.807) is 29.2 Å². The van der Waals surface area contributed by atoms with Crippen LogP contribution in [-0.4, -0.2) is 35.8 Å². The summed E-state index contributed by atoms with van der Waals surface area (Å²) in [5.74, 6) is -0.0579. The van der Waals surface area contributed by atoms with Gasteiger partial charge in [-0.15, -0.1) is 0 Å². The highest BCUT2D eigenvalue weighted by atomic mass is 35.5. The lowest BCUT2D eigenvalue weighted by Gasteiger charge is -2.33. The molecule has 0 aromatic heterocycles. The number of nitrogens with zero attached hydrogens (tertiary/aromatic N) is 1. The van der Waals surface area contributed by atoms with Gasteiger partial charge in [0.15, 0.2) is 0 Å². The number of hydrogen-bond donors (Lipinski definition) is 1. The average molecular weight is 281 g/mol. The number of nitrogens with one attached hydrogen (secondary N) is 1. The zero-order valence-corrected chi connectivity index (χ0v) is 11.6. The molecule has 1 unspecified atom stereocenters. The fourth-order valence-electron chi connectivity index (χ4n) is 2.34. The topological polar surface area (TPSA) is 49.4 Å². The normalized spacial score (nSPS) is 19.1. The van der Waals surface area contributed by atoms with Gasteiger partial charge in [-0.1, -0.05) is 11.6 Å². The first kappa shape index (κ1) is 13.9. The average Bonchev–Trinajstić information content (AvgIpc) is 2.38. The van der Waals surface area contributed by atoms with E-state index in [1.807, 2.05) is 0 Å². The standard InChI is InChI=1S/C14H17ClN2O2/c1-10(18)16-13-3-2-8-17(9-13)14(19)11-4-6-12(15)7-5-11/h4-7,13H,2-3,8-9H2,1H3,(H,16,18). The van der Waals surface area contributed by atoms with E-state index in [2.05, 4.69) is 5.32 Å². The smallest absolute Gasteiger partial charge is 0.253 e. The second-order valence-corrected chi connectivity index (χ2v) is 5.23. The monoisotopic (exact) mass is 280 g/mol. The van der Waals surface area contributed by atoms with Crippen molar-refractivity contribution >= 4 is 23.4 Å². The van der Waals surface area contributed by atoms with Crippen molar-refractivity contribution in [2.24, 2.45) is 0 Å². The Morgan fingerprint density at radius 2 is 2.00 bits per heavy atom. The van der Waals surface area contributed by atoms with Crippen LogP contribution in [0, 0.1) is 0 Å². The van der Waals surface area contributed by atoms with Gasteiger partial charge in [-0.05, 0) is 37.1 Å². The van der Waals surface area contributed by atoms with Crippen molar-refractivity contribution < 1.29 is 9.59 Å². The number of amides is 2. The molecule has 1 N–H and O–H groups in total. The Kier molecular flexibility index (Phi) is 4.43. The predicted molar refractivity (Wildman–Crippen MR) is 74.2 cm³/mol. The summed E-state index contributed by atoms with van der Waals surface area (Å²) < 4.78 is 0. The second-order valence-electron chi connectivity index (χ2n) is 4.80. The van der Waals surface area contributed by atoms with Crippen molar-refractivity contribution in [1.82, 2.24) is 10.2 Å². The van der Waals surface area contributed by atoms with Gasteiger partial charge in [0.1, 0.15) is 0 Å². The fraction of sp³-hybridized carbons (Fsp3) is 0.429. The zero-order valence-electron chi connectivity index (χ0n) is 10.9. The molecule has 0 spiro atoms. The molecule has 1 aromatic carbocycles. The van der Waals surface area contributed by atoms with Crippen LogP contribution in [-0.2, 0) is 4.79 Å². The Morgan fingerprint density at radius 1 is 1.32 bits per heavy atom. The Bertz CT molecular complexity index is 473. The van der Waals surface area contributed by atoms with Crippen LogP contribution < -0.4 is 5.32 Å². The SMILES string of the molecule is CC(=O)NC1CCCN(C(=O)c2ccc(Cl)cc2)C1. The van der Waals surface area contributed by atoms with E-state index in [1.165, 1.54) is 6.92 Å². The van der Waals surface area contributed by atoms with E-state index in [-0.39, 0.29) is 17.9 Å². The lowest BCUT2D eigenvalue weighted by Crippen LogP contribution is -2.49. The summed E-state index contributed by atoms with van der Waals surface area (Å²) in [4.78, 5) is 25.2. The predicted octanol–water partition coefficient (Wildman–Crippen LogP) is 2.08. The van der Waals surface area contributed by atoms with E-state index in [9.17, 15) is 9.59 Å². The number of benzene rings is 1. The van der Waals surface area contributed by atoms with Crippen molar-refractivity contribution in [3.8, 4) is 0 Å². The van der Waals surface area contributed by atoms with Crippen molar-refractivity contribution in [3.05, 3.63) is 34.9 Å². The van der Waals surface area contributed by atoms with Crippen LogP contribution in [0.3, 0.4) is 0 Å². The van der Waals surface area contributed by atoms with Crippen LogP contribution in [0.5, 0.6) is 0 Å². The Labute approximate surface area is 117 Å². The molecule has 1 aliphatic heterocycles. The molecule has 2 rings (SSSR count). The van der Waals surface area contributed by atoms with Crippen LogP contribution >= 0.6 is 11.6 Å². The summed E-state index contributed by atoms with van der Waals surface area (Å²) in [6.45, 7) is 2.80. The van der Waals surface area contributed by atoms with Crippen molar-refractivity contribution in [2.45, 2.75) is 25.8 Å². The molecule has 19 heavy (non-hydrogen) atoms. The maximum Gasteiger partial charge on any atom is 0.253 e. The summed E-state index contributed by atoms with van der Waals surface area (Å²) >= 11 is 5.81. The quantitative estimate of drug-likeness (QED) is 0.902. The molecule has 1 heterocycles. The van der Waals surface area contributed by atoms with Gasteiger partial charge >= 0.3 is 0 Å². The van der Waals surface area contributed by atoms with Gasteiger partial charge in [0.05, 0.1) is 0 Å². The number of likely N-dealkylation sites (tertiary alicyclic amines) is 1. The largest absolute Gasteiger partial charge is 0.352 e. The molecular formula is C14H17ClN2O2. The molecule has 1 fully saturated rings. The van der Waals surface area contributed by atoms with Crippen LogP contribution in [0.2, 0.25) is 5.02 Å². The molecule has 0 aliphatic carbocycles. The maximum absolute atomic E-state index is 12.3. The molecule has 0 radical (unpaired) electrons. The Balaban J connectivity index is 2.02. The van der Waals surface area contributed by atoms with E-state index >= 15 is 0 Å². The summed E-state index contributed by atoms with van der Waals surface area (Å²) in [6.07, 6.45) is 1.83. The van der Waals surface area contributed by atoms with Gasteiger partial charge < -0.3 is 10.2 Å². The minimum absolute atomic E-state index is 0.00767. The molecule has 1 saturated heterocycles. The molecule has 5 heteroatoms. The highest BCUT2D eigenvalue weighted by Crippen LogP contribution is 2.16. The first-order valence-corrected chi connectivity index (χ1v) is 6.76. The minimum atomic E-state index is -0.0502. The lowest BCUT2D eigenvalue weighted by atomic mass is 10.0. The first-order chi connectivity index (χ1) is 9.06. The van der Waals surface area contributed by atoms with Crippen molar-refractivity contribution in [3.63, 3.8) is 0 Å². The van der Waals surface area contributed by atoms with E-state index in [4.69, 9.17) is 11.6 Å². The second kappa shape index (κ2) is 6.06. The molecule has 102 valence electrons. The molecule has 1 aliphatic rings. The lowest BCUT2D eigenvalue weighted by molar-refractivity contribution is -0.120. The van der Waals surface area contributed by atoms with Crippen LogP contribution in [0.4, 0.5) is 0 Å². The summed E-state index contributed by atoms with van der Waals surface area (Å²) in [5.41, 5.74) is 0.632. The zero-order chi connectivity index (χ0) is 13.8. The molecule has 1 atom stereocenters. The fourth-order valence-corrected chi connectivity index (χ4v) is 2.47. The number of carbonyl (C=O) groups excluding carboxylic acids is 2. The van der Waals surface area contributed by atoms with Gasteiger partial charge in [-0.25, -0.2) is 0 Å². The van der Waals surface area contributed by atoms with Gasteiger partial charge in [0.25, 0.3) is 5.91 Å². The Hall–Kier alpha value is -1.55.